The minimum absolute atomic E-state index is 0.770. The maximum atomic E-state index is 4.57. The number of hydrogen-bond donors (Lipinski definition) is 1. The van der Waals surface area contributed by atoms with Crippen LogP contribution in [0.25, 0.3) is 4.96 Å². The van der Waals surface area contributed by atoms with Crippen molar-refractivity contribution in [3.05, 3.63) is 50.7 Å². The van der Waals surface area contributed by atoms with Gasteiger partial charge in [0.1, 0.15) is 0 Å². The molecule has 0 fully saturated rings. The predicted octanol–water partition coefficient (Wildman–Crippen LogP) is 4.70. The van der Waals surface area contributed by atoms with Crippen molar-refractivity contribution in [1.29, 1.82) is 0 Å². The van der Waals surface area contributed by atoms with Gasteiger partial charge in [0.2, 0.25) is 0 Å². The maximum absolute atomic E-state index is 4.57. The first-order valence-electron chi connectivity index (χ1n) is 6.48. The number of aromatic nitrogens is 2. The molecular weight excluding hydrogens is 334 g/mol. The van der Waals surface area contributed by atoms with E-state index in [0.717, 1.165) is 27.4 Å². The van der Waals surface area contributed by atoms with Gasteiger partial charge < -0.3 is 5.32 Å². The van der Waals surface area contributed by atoms with E-state index in [1.165, 1.54) is 16.8 Å². The summed E-state index contributed by atoms with van der Waals surface area (Å²) in [4.78, 5) is 5.63. The van der Waals surface area contributed by atoms with E-state index in [1.807, 2.05) is 0 Å². The molecule has 0 unspecified atom stereocenters. The van der Waals surface area contributed by atoms with Gasteiger partial charge in [0.25, 0.3) is 0 Å². The first-order valence-corrected chi connectivity index (χ1v) is 8.15. The van der Waals surface area contributed by atoms with E-state index in [1.54, 1.807) is 11.3 Å². The Morgan fingerprint density at radius 2 is 2.10 bits per heavy atom. The molecule has 1 N–H and O–H groups in total. The van der Waals surface area contributed by atoms with E-state index < -0.39 is 0 Å². The number of halogens is 1. The number of imidazole rings is 1. The standard InChI is InChI=1S/C15H16BrN3S/c1-9-6-10(2)14(12(16)7-9)17-8-13-11(3)18-15-19(13)4-5-20-15/h4-7,17H,8H2,1-3H3. The molecule has 3 nitrogen and oxygen atoms in total. The summed E-state index contributed by atoms with van der Waals surface area (Å²) in [5, 5.41) is 5.60. The van der Waals surface area contributed by atoms with Gasteiger partial charge in [-0.25, -0.2) is 4.98 Å². The molecular formula is C15H16BrN3S. The van der Waals surface area contributed by atoms with E-state index >= 15 is 0 Å². The highest BCUT2D eigenvalue weighted by Crippen LogP contribution is 2.28. The molecule has 0 saturated carbocycles. The third kappa shape index (κ3) is 2.36. The Hall–Kier alpha value is -1.33. The van der Waals surface area contributed by atoms with E-state index in [-0.39, 0.29) is 0 Å². The fraction of sp³-hybridized carbons (Fsp3) is 0.267. The molecule has 3 rings (SSSR count). The molecule has 0 bridgehead atoms. The molecule has 0 atom stereocenters. The summed E-state index contributed by atoms with van der Waals surface area (Å²) in [5.74, 6) is 0. The van der Waals surface area contributed by atoms with Crippen molar-refractivity contribution in [1.82, 2.24) is 9.38 Å². The quantitative estimate of drug-likeness (QED) is 0.742. The molecule has 2 heterocycles. The minimum Gasteiger partial charge on any atom is -0.378 e. The fourth-order valence-electron chi connectivity index (χ4n) is 2.47. The van der Waals surface area contributed by atoms with E-state index in [0.29, 0.717) is 0 Å². The molecule has 104 valence electrons. The molecule has 0 aliphatic rings. The molecule has 3 aromatic rings. The molecule has 0 radical (unpaired) electrons. The summed E-state index contributed by atoms with van der Waals surface area (Å²) < 4.78 is 3.27. The second kappa shape index (κ2) is 5.22. The van der Waals surface area contributed by atoms with Crippen molar-refractivity contribution in [3.63, 3.8) is 0 Å². The van der Waals surface area contributed by atoms with Gasteiger partial charge in [0.15, 0.2) is 4.96 Å². The van der Waals surface area contributed by atoms with Gasteiger partial charge in [-0.2, -0.15) is 0 Å². The first kappa shape index (κ1) is 13.6. The SMILES string of the molecule is Cc1cc(C)c(NCc2c(C)nc3sccn23)c(Br)c1. The van der Waals surface area contributed by atoms with Crippen LogP contribution in [0, 0.1) is 20.8 Å². The van der Waals surface area contributed by atoms with Gasteiger partial charge in [0.05, 0.1) is 23.6 Å². The number of anilines is 1. The van der Waals surface area contributed by atoms with Gasteiger partial charge in [-0.05, 0) is 53.9 Å². The van der Waals surface area contributed by atoms with Crippen molar-refractivity contribution in [2.24, 2.45) is 0 Å². The van der Waals surface area contributed by atoms with Gasteiger partial charge in [-0.1, -0.05) is 6.07 Å². The Bertz CT molecular complexity index is 750. The molecule has 0 aliphatic carbocycles. The van der Waals surface area contributed by atoms with Crippen LogP contribution >= 0.6 is 27.3 Å². The van der Waals surface area contributed by atoms with Crippen LogP contribution in [-0.2, 0) is 6.54 Å². The van der Waals surface area contributed by atoms with Crippen LogP contribution in [0.3, 0.4) is 0 Å². The van der Waals surface area contributed by atoms with Gasteiger partial charge >= 0.3 is 0 Å². The zero-order valence-electron chi connectivity index (χ0n) is 11.7. The molecule has 0 amide bonds. The Morgan fingerprint density at radius 3 is 2.85 bits per heavy atom. The number of fused-ring (bicyclic) bond motifs is 1. The van der Waals surface area contributed by atoms with Crippen molar-refractivity contribution >= 4 is 37.9 Å². The van der Waals surface area contributed by atoms with Crippen molar-refractivity contribution in [2.75, 3.05) is 5.32 Å². The second-order valence-electron chi connectivity index (χ2n) is 4.99. The number of aryl methyl sites for hydroxylation is 3. The third-order valence-electron chi connectivity index (χ3n) is 3.43. The molecule has 20 heavy (non-hydrogen) atoms. The lowest BCUT2D eigenvalue weighted by molar-refractivity contribution is 0.991. The van der Waals surface area contributed by atoms with Crippen LogP contribution in [0.2, 0.25) is 0 Å². The number of nitrogens with zero attached hydrogens (tertiary/aromatic N) is 2. The Morgan fingerprint density at radius 1 is 1.30 bits per heavy atom. The summed E-state index contributed by atoms with van der Waals surface area (Å²) in [6.45, 7) is 7.07. The normalized spacial score (nSPS) is 11.2. The highest BCUT2D eigenvalue weighted by molar-refractivity contribution is 9.10. The lowest BCUT2D eigenvalue weighted by atomic mass is 10.1. The summed E-state index contributed by atoms with van der Waals surface area (Å²) in [6, 6.07) is 4.33. The molecule has 5 heteroatoms. The van der Waals surface area contributed by atoms with Crippen LogP contribution in [0.1, 0.15) is 22.5 Å². The van der Waals surface area contributed by atoms with E-state index in [2.05, 4.69) is 75.1 Å². The third-order valence-corrected chi connectivity index (χ3v) is 4.81. The highest BCUT2D eigenvalue weighted by atomic mass is 79.9. The zero-order chi connectivity index (χ0) is 14.3. The number of thiazole rings is 1. The monoisotopic (exact) mass is 349 g/mol. The second-order valence-corrected chi connectivity index (χ2v) is 6.72. The zero-order valence-corrected chi connectivity index (χ0v) is 14.1. The molecule has 0 saturated heterocycles. The van der Waals surface area contributed by atoms with Gasteiger partial charge in [0, 0.05) is 16.0 Å². The average Bonchev–Trinajstić information content (AvgIpc) is 2.90. The summed E-state index contributed by atoms with van der Waals surface area (Å²) in [7, 11) is 0. The Kier molecular flexibility index (Phi) is 3.56. The Labute approximate surface area is 130 Å². The van der Waals surface area contributed by atoms with Gasteiger partial charge in [-0.15, -0.1) is 11.3 Å². The number of rotatable bonds is 3. The molecule has 0 spiro atoms. The summed E-state index contributed by atoms with van der Waals surface area (Å²) in [5.41, 5.74) is 5.97. The summed E-state index contributed by atoms with van der Waals surface area (Å²) >= 11 is 5.31. The number of benzene rings is 1. The maximum Gasteiger partial charge on any atom is 0.194 e. The largest absolute Gasteiger partial charge is 0.378 e. The van der Waals surface area contributed by atoms with Crippen molar-refractivity contribution in [3.8, 4) is 0 Å². The first-order chi connectivity index (χ1) is 9.56. The van der Waals surface area contributed by atoms with Crippen molar-refractivity contribution < 1.29 is 0 Å². The predicted molar refractivity (Wildman–Crippen MR) is 88.7 cm³/mol. The van der Waals surface area contributed by atoms with Crippen LogP contribution in [0.15, 0.2) is 28.2 Å². The van der Waals surface area contributed by atoms with Crippen molar-refractivity contribution in [2.45, 2.75) is 27.3 Å². The smallest absolute Gasteiger partial charge is 0.194 e. The number of hydrogen-bond acceptors (Lipinski definition) is 3. The van der Waals surface area contributed by atoms with Crippen LogP contribution in [-0.4, -0.2) is 9.38 Å². The lowest BCUT2D eigenvalue weighted by Gasteiger charge is -2.13. The topological polar surface area (TPSA) is 29.3 Å². The lowest BCUT2D eigenvalue weighted by Crippen LogP contribution is -2.05. The molecule has 2 aromatic heterocycles. The molecule has 1 aromatic carbocycles. The van der Waals surface area contributed by atoms with E-state index in [9.17, 15) is 0 Å². The van der Waals surface area contributed by atoms with Crippen LogP contribution < -0.4 is 5.32 Å². The molecule has 0 aliphatic heterocycles. The van der Waals surface area contributed by atoms with Crippen LogP contribution in [0.5, 0.6) is 0 Å². The minimum atomic E-state index is 0.770. The summed E-state index contributed by atoms with van der Waals surface area (Å²) in [6.07, 6.45) is 2.08. The van der Waals surface area contributed by atoms with E-state index in [4.69, 9.17) is 0 Å². The van der Waals surface area contributed by atoms with Crippen LogP contribution in [0.4, 0.5) is 5.69 Å². The fourth-order valence-corrected chi connectivity index (χ4v) is 4.06. The highest BCUT2D eigenvalue weighted by Gasteiger charge is 2.11. The number of nitrogens with one attached hydrogen (secondary N) is 1. The average molecular weight is 350 g/mol. The Balaban J connectivity index is 1.90. The van der Waals surface area contributed by atoms with Gasteiger partial charge in [-0.3, -0.25) is 4.40 Å².